The highest BCUT2D eigenvalue weighted by molar-refractivity contribution is 7.12. The molecule has 0 radical (unpaired) electrons. The molecule has 0 aliphatic carbocycles. The molecule has 1 aliphatic heterocycles. The van der Waals surface area contributed by atoms with Gasteiger partial charge in [0.15, 0.2) is 0 Å². The number of nitrogens with one attached hydrogen (secondary N) is 2. The van der Waals surface area contributed by atoms with E-state index < -0.39 is 0 Å². The zero-order chi connectivity index (χ0) is 16.3. The van der Waals surface area contributed by atoms with Gasteiger partial charge in [-0.05, 0) is 42.5 Å². The molecule has 0 atom stereocenters. The Morgan fingerprint density at radius 2 is 2.17 bits per heavy atom. The third-order valence-corrected chi connectivity index (χ3v) is 4.66. The quantitative estimate of drug-likeness (QED) is 0.801. The van der Waals surface area contributed by atoms with Gasteiger partial charge in [0.1, 0.15) is 11.4 Å². The summed E-state index contributed by atoms with van der Waals surface area (Å²) in [7, 11) is 0. The summed E-state index contributed by atoms with van der Waals surface area (Å²) in [6.45, 7) is 6.39. The monoisotopic (exact) mass is 330 g/mol. The van der Waals surface area contributed by atoms with Crippen LogP contribution in [0.3, 0.4) is 0 Å². The minimum absolute atomic E-state index is 0.00119. The summed E-state index contributed by atoms with van der Waals surface area (Å²) in [4.78, 5) is 12.5. The standard InChI is InChI=1S/C18H22N2O2S/c1-18(2)11-14-10-13(5-6-15(14)22-18)12-19-7-8-20-17(21)16-4-3-9-23-16/h3-6,9-10,19H,7-8,11-12H2,1-2H3,(H,20,21). The molecule has 1 amide bonds. The second kappa shape index (κ2) is 6.72. The number of ether oxygens (including phenoxy) is 1. The van der Waals surface area contributed by atoms with Crippen molar-refractivity contribution >= 4 is 17.2 Å². The molecule has 0 fully saturated rings. The van der Waals surface area contributed by atoms with Gasteiger partial charge in [-0.1, -0.05) is 18.2 Å². The maximum absolute atomic E-state index is 11.8. The molecular formula is C18H22N2O2S. The number of hydrogen-bond donors (Lipinski definition) is 2. The van der Waals surface area contributed by atoms with Crippen molar-refractivity contribution in [3.63, 3.8) is 0 Å². The first-order valence-corrected chi connectivity index (χ1v) is 8.75. The van der Waals surface area contributed by atoms with E-state index in [4.69, 9.17) is 4.74 Å². The van der Waals surface area contributed by atoms with E-state index in [2.05, 4.69) is 42.7 Å². The van der Waals surface area contributed by atoms with Crippen molar-refractivity contribution in [1.82, 2.24) is 10.6 Å². The largest absolute Gasteiger partial charge is 0.487 e. The van der Waals surface area contributed by atoms with Crippen LogP contribution in [-0.2, 0) is 13.0 Å². The fourth-order valence-corrected chi connectivity index (χ4v) is 3.40. The average Bonchev–Trinajstić information content (AvgIpc) is 3.12. The highest BCUT2D eigenvalue weighted by Crippen LogP contribution is 2.35. The summed E-state index contributed by atoms with van der Waals surface area (Å²) in [6.07, 6.45) is 0.951. The van der Waals surface area contributed by atoms with Crippen LogP contribution in [0.5, 0.6) is 5.75 Å². The van der Waals surface area contributed by atoms with Crippen LogP contribution in [0.1, 0.15) is 34.6 Å². The van der Waals surface area contributed by atoms with Gasteiger partial charge in [0, 0.05) is 26.1 Å². The van der Waals surface area contributed by atoms with Gasteiger partial charge in [0.2, 0.25) is 0 Å². The molecule has 0 saturated heterocycles. The Balaban J connectivity index is 1.41. The van der Waals surface area contributed by atoms with Gasteiger partial charge in [-0.15, -0.1) is 11.3 Å². The highest BCUT2D eigenvalue weighted by atomic mass is 32.1. The van der Waals surface area contributed by atoms with Crippen LogP contribution >= 0.6 is 11.3 Å². The summed E-state index contributed by atoms with van der Waals surface area (Å²) >= 11 is 1.46. The Kier molecular flexibility index (Phi) is 4.68. The lowest BCUT2D eigenvalue weighted by molar-refractivity contribution is 0.0958. The van der Waals surface area contributed by atoms with Gasteiger partial charge in [-0.3, -0.25) is 4.79 Å². The molecule has 3 rings (SSSR count). The van der Waals surface area contributed by atoms with E-state index in [1.807, 2.05) is 17.5 Å². The minimum Gasteiger partial charge on any atom is -0.487 e. The first-order valence-electron chi connectivity index (χ1n) is 7.87. The van der Waals surface area contributed by atoms with Gasteiger partial charge >= 0.3 is 0 Å². The fraction of sp³-hybridized carbons (Fsp3) is 0.389. The molecule has 2 heterocycles. The smallest absolute Gasteiger partial charge is 0.261 e. The van der Waals surface area contributed by atoms with Crippen LogP contribution in [0.4, 0.5) is 0 Å². The SMILES string of the molecule is CC1(C)Cc2cc(CNCCNC(=O)c3cccs3)ccc2O1. The lowest BCUT2D eigenvalue weighted by atomic mass is 10.0. The maximum atomic E-state index is 11.8. The summed E-state index contributed by atoms with van der Waals surface area (Å²) in [5.41, 5.74) is 2.43. The highest BCUT2D eigenvalue weighted by Gasteiger charge is 2.29. The van der Waals surface area contributed by atoms with Crippen LogP contribution in [0.2, 0.25) is 0 Å². The van der Waals surface area contributed by atoms with E-state index in [1.165, 1.54) is 22.5 Å². The molecule has 1 aliphatic rings. The van der Waals surface area contributed by atoms with Crippen molar-refractivity contribution in [2.24, 2.45) is 0 Å². The molecule has 4 nitrogen and oxygen atoms in total. The van der Waals surface area contributed by atoms with E-state index >= 15 is 0 Å². The normalized spacial score (nSPS) is 15.0. The topological polar surface area (TPSA) is 50.4 Å². The Morgan fingerprint density at radius 1 is 1.30 bits per heavy atom. The van der Waals surface area contributed by atoms with E-state index in [9.17, 15) is 4.79 Å². The van der Waals surface area contributed by atoms with E-state index in [-0.39, 0.29) is 11.5 Å². The van der Waals surface area contributed by atoms with Crippen molar-refractivity contribution in [2.45, 2.75) is 32.4 Å². The Bertz CT molecular complexity index is 680. The Hall–Kier alpha value is -1.85. The Morgan fingerprint density at radius 3 is 2.96 bits per heavy atom. The van der Waals surface area contributed by atoms with E-state index in [1.54, 1.807) is 0 Å². The minimum atomic E-state index is -0.0968. The summed E-state index contributed by atoms with van der Waals surface area (Å²) < 4.78 is 5.89. The number of benzene rings is 1. The van der Waals surface area contributed by atoms with Crippen LogP contribution in [-0.4, -0.2) is 24.6 Å². The molecule has 23 heavy (non-hydrogen) atoms. The van der Waals surface area contributed by atoms with Gasteiger partial charge in [0.25, 0.3) is 5.91 Å². The molecule has 122 valence electrons. The van der Waals surface area contributed by atoms with Crippen LogP contribution in [0.25, 0.3) is 0 Å². The predicted octanol–water partition coefficient (Wildman–Crippen LogP) is 2.98. The molecule has 0 unspecified atom stereocenters. The van der Waals surface area contributed by atoms with Crippen LogP contribution in [0.15, 0.2) is 35.7 Å². The molecule has 5 heteroatoms. The number of rotatable bonds is 6. The summed E-state index contributed by atoms with van der Waals surface area (Å²) in [6, 6.07) is 10.1. The first kappa shape index (κ1) is 16.0. The van der Waals surface area contributed by atoms with Crippen molar-refractivity contribution in [2.75, 3.05) is 13.1 Å². The number of thiophene rings is 1. The lowest BCUT2D eigenvalue weighted by Gasteiger charge is -2.16. The Labute approximate surface area is 140 Å². The molecule has 0 spiro atoms. The third-order valence-electron chi connectivity index (χ3n) is 3.79. The van der Waals surface area contributed by atoms with Crippen molar-refractivity contribution in [3.8, 4) is 5.75 Å². The van der Waals surface area contributed by atoms with E-state index in [0.717, 1.165) is 30.1 Å². The molecule has 1 aromatic carbocycles. The van der Waals surface area contributed by atoms with Gasteiger partial charge in [-0.25, -0.2) is 0 Å². The van der Waals surface area contributed by atoms with E-state index in [0.29, 0.717) is 6.54 Å². The summed E-state index contributed by atoms with van der Waals surface area (Å²) in [5.74, 6) is 1.00. The zero-order valence-corrected chi connectivity index (χ0v) is 14.3. The average molecular weight is 330 g/mol. The number of carbonyl (C=O) groups is 1. The number of fused-ring (bicyclic) bond motifs is 1. The molecule has 0 bridgehead atoms. The second-order valence-electron chi connectivity index (χ2n) is 6.39. The third kappa shape index (κ3) is 4.12. The number of amides is 1. The van der Waals surface area contributed by atoms with Gasteiger partial charge < -0.3 is 15.4 Å². The predicted molar refractivity (Wildman–Crippen MR) is 93.2 cm³/mol. The molecule has 1 aromatic heterocycles. The molecule has 0 saturated carbocycles. The number of carbonyl (C=O) groups excluding carboxylic acids is 1. The second-order valence-corrected chi connectivity index (χ2v) is 7.34. The molecular weight excluding hydrogens is 308 g/mol. The zero-order valence-electron chi connectivity index (χ0n) is 13.5. The maximum Gasteiger partial charge on any atom is 0.261 e. The van der Waals surface area contributed by atoms with Crippen molar-refractivity contribution in [1.29, 1.82) is 0 Å². The fourth-order valence-electron chi connectivity index (χ4n) is 2.76. The number of hydrogen-bond acceptors (Lipinski definition) is 4. The lowest BCUT2D eigenvalue weighted by Crippen LogP contribution is -2.31. The summed E-state index contributed by atoms with van der Waals surface area (Å²) in [5, 5.41) is 8.18. The molecule has 2 N–H and O–H groups in total. The van der Waals surface area contributed by atoms with Crippen LogP contribution in [0, 0.1) is 0 Å². The van der Waals surface area contributed by atoms with Crippen molar-refractivity contribution in [3.05, 3.63) is 51.7 Å². The van der Waals surface area contributed by atoms with Crippen LogP contribution < -0.4 is 15.4 Å². The van der Waals surface area contributed by atoms with Gasteiger partial charge in [0.05, 0.1) is 4.88 Å². The molecule has 2 aromatic rings. The van der Waals surface area contributed by atoms with Gasteiger partial charge in [-0.2, -0.15) is 0 Å². The first-order chi connectivity index (χ1) is 11.0. The van der Waals surface area contributed by atoms with Crippen molar-refractivity contribution < 1.29 is 9.53 Å².